The minimum atomic E-state index is -0.276. The molecule has 0 saturated heterocycles. The molecule has 3 N–H and O–H groups in total. The SMILES string of the molecule is NNC(c1cccc(Cl)c1)c1ncccc1Cl. The average molecular weight is 268 g/mol. The Morgan fingerprint density at radius 1 is 1.18 bits per heavy atom. The van der Waals surface area contributed by atoms with Crippen LogP contribution < -0.4 is 11.3 Å². The van der Waals surface area contributed by atoms with Crippen molar-refractivity contribution in [2.45, 2.75) is 6.04 Å². The zero-order valence-electron chi connectivity index (χ0n) is 8.90. The van der Waals surface area contributed by atoms with E-state index < -0.39 is 0 Å². The first kappa shape index (κ1) is 12.3. The van der Waals surface area contributed by atoms with Gasteiger partial charge >= 0.3 is 0 Å². The Hall–Kier alpha value is -1.13. The predicted octanol–water partition coefficient (Wildman–Crippen LogP) is 2.94. The number of nitrogens with zero attached hydrogens (tertiary/aromatic N) is 1. The molecule has 0 aliphatic rings. The van der Waals surface area contributed by atoms with Crippen molar-refractivity contribution >= 4 is 23.2 Å². The van der Waals surface area contributed by atoms with E-state index in [1.165, 1.54) is 0 Å². The maximum Gasteiger partial charge on any atom is 0.0897 e. The first-order chi connectivity index (χ1) is 8.22. The molecule has 17 heavy (non-hydrogen) atoms. The smallest absolute Gasteiger partial charge is 0.0897 e. The number of nitrogens with two attached hydrogens (primary N) is 1. The van der Waals surface area contributed by atoms with Crippen molar-refractivity contribution in [3.8, 4) is 0 Å². The van der Waals surface area contributed by atoms with Gasteiger partial charge in [-0.15, -0.1) is 0 Å². The molecule has 2 aromatic rings. The van der Waals surface area contributed by atoms with Gasteiger partial charge in [-0.1, -0.05) is 35.3 Å². The van der Waals surface area contributed by atoms with Crippen molar-refractivity contribution in [2.75, 3.05) is 0 Å². The number of hydrogen-bond donors (Lipinski definition) is 2. The number of halogens is 2. The first-order valence-electron chi connectivity index (χ1n) is 5.04. The van der Waals surface area contributed by atoms with E-state index in [0.29, 0.717) is 15.7 Å². The number of aromatic nitrogens is 1. The van der Waals surface area contributed by atoms with Gasteiger partial charge in [-0.3, -0.25) is 10.8 Å². The summed E-state index contributed by atoms with van der Waals surface area (Å²) in [6.07, 6.45) is 1.68. The van der Waals surface area contributed by atoms with Crippen LogP contribution >= 0.6 is 23.2 Å². The van der Waals surface area contributed by atoms with Crippen LogP contribution in [0.1, 0.15) is 17.3 Å². The topological polar surface area (TPSA) is 50.9 Å². The summed E-state index contributed by atoms with van der Waals surface area (Å²) < 4.78 is 0. The quantitative estimate of drug-likeness (QED) is 0.664. The summed E-state index contributed by atoms with van der Waals surface area (Å²) in [5, 5.41) is 1.21. The normalized spacial score (nSPS) is 12.4. The standard InChI is InChI=1S/C12H11Cl2N3/c13-9-4-1-3-8(7-9)11(17-15)12-10(14)5-2-6-16-12/h1-7,11,17H,15H2. The summed E-state index contributed by atoms with van der Waals surface area (Å²) in [7, 11) is 0. The third-order valence-electron chi connectivity index (χ3n) is 2.41. The molecule has 1 unspecified atom stereocenters. The molecule has 0 bridgehead atoms. The monoisotopic (exact) mass is 267 g/mol. The lowest BCUT2D eigenvalue weighted by Gasteiger charge is -2.17. The number of nitrogens with one attached hydrogen (secondary N) is 1. The van der Waals surface area contributed by atoms with Gasteiger partial charge < -0.3 is 0 Å². The molecule has 0 radical (unpaired) electrons. The Morgan fingerprint density at radius 2 is 2.00 bits per heavy atom. The van der Waals surface area contributed by atoms with Crippen LogP contribution in [0, 0.1) is 0 Å². The Bertz CT molecular complexity index is 517. The number of rotatable bonds is 3. The summed E-state index contributed by atoms with van der Waals surface area (Å²) >= 11 is 12.0. The van der Waals surface area contributed by atoms with Crippen molar-refractivity contribution in [1.82, 2.24) is 10.4 Å². The van der Waals surface area contributed by atoms with Crippen molar-refractivity contribution < 1.29 is 0 Å². The number of benzene rings is 1. The van der Waals surface area contributed by atoms with Crippen molar-refractivity contribution in [1.29, 1.82) is 0 Å². The fourth-order valence-corrected chi connectivity index (χ4v) is 2.06. The van der Waals surface area contributed by atoms with E-state index >= 15 is 0 Å². The molecule has 1 heterocycles. The van der Waals surface area contributed by atoms with Gasteiger partial charge in [0, 0.05) is 11.2 Å². The van der Waals surface area contributed by atoms with Crippen LogP contribution in [0.4, 0.5) is 0 Å². The van der Waals surface area contributed by atoms with Crippen LogP contribution in [0.3, 0.4) is 0 Å². The lowest BCUT2D eigenvalue weighted by molar-refractivity contribution is 0.621. The van der Waals surface area contributed by atoms with Crippen LogP contribution in [-0.4, -0.2) is 4.98 Å². The second-order valence-corrected chi connectivity index (χ2v) is 4.37. The zero-order chi connectivity index (χ0) is 12.3. The molecule has 1 atom stereocenters. The van der Waals surface area contributed by atoms with Gasteiger partial charge in [-0.2, -0.15) is 0 Å². The first-order valence-corrected chi connectivity index (χ1v) is 5.80. The van der Waals surface area contributed by atoms with Gasteiger partial charge in [0.2, 0.25) is 0 Å². The van der Waals surface area contributed by atoms with Crippen molar-refractivity contribution in [3.05, 3.63) is 63.9 Å². The van der Waals surface area contributed by atoms with Gasteiger partial charge in [0.1, 0.15) is 0 Å². The Labute approximate surface area is 110 Å². The molecule has 5 heteroatoms. The van der Waals surface area contributed by atoms with Crippen molar-refractivity contribution in [2.24, 2.45) is 5.84 Å². The second kappa shape index (κ2) is 5.47. The van der Waals surface area contributed by atoms with E-state index in [1.54, 1.807) is 24.4 Å². The molecule has 1 aromatic heterocycles. The lowest BCUT2D eigenvalue weighted by atomic mass is 10.0. The molecule has 1 aromatic carbocycles. The molecular formula is C12H11Cl2N3. The van der Waals surface area contributed by atoms with Crippen LogP contribution in [0.15, 0.2) is 42.6 Å². The molecule has 3 nitrogen and oxygen atoms in total. The summed E-state index contributed by atoms with van der Waals surface area (Å²) in [5.74, 6) is 5.56. The molecular weight excluding hydrogens is 257 g/mol. The van der Waals surface area contributed by atoms with Crippen molar-refractivity contribution in [3.63, 3.8) is 0 Å². The van der Waals surface area contributed by atoms with E-state index in [2.05, 4.69) is 10.4 Å². The van der Waals surface area contributed by atoms with Crippen LogP contribution in [0.2, 0.25) is 10.0 Å². The minimum absolute atomic E-state index is 0.276. The molecule has 0 aliphatic carbocycles. The van der Waals surface area contributed by atoms with Crippen LogP contribution in [0.5, 0.6) is 0 Å². The van der Waals surface area contributed by atoms with Crippen LogP contribution in [-0.2, 0) is 0 Å². The van der Waals surface area contributed by atoms with Gasteiger partial charge in [0.25, 0.3) is 0 Å². The number of hydrazine groups is 1. The van der Waals surface area contributed by atoms with E-state index in [9.17, 15) is 0 Å². The summed E-state index contributed by atoms with van der Waals surface area (Å²) in [4.78, 5) is 4.24. The summed E-state index contributed by atoms with van der Waals surface area (Å²) in [6, 6.07) is 10.7. The lowest BCUT2D eigenvalue weighted by Crippen LogP contribution is -2.29. The maximum atomic E-state index is 6.10. The number of pyridine rings is 1. The second-order valence-electron chi connectivity index (χ2n) is 3.53. The predicted molar refractivity (Wildman–Crippen MR) is 69.9 cm³/mol. The summed E-state index contributed by atoms with van der Waals surface area (Å²) in [5.41, 5.74) is 4.29. The van der Waals surface area contributed by atoms with Gasteiger partial charge in [-0.25, -0.2) is 5.43 Å². The van der Waals surface area contributed by atoms with Crippen LogP contribution in [0.25, 0.3) is 0 Å². The number of hydrogen-bond acceptors (Lipinski definition) is 3. The molecule has 0 saturated carbocycles. The molecule has 0 amide bonds. The minimum Gasteiger partial charge on any atom is -0.271 e. The van der Waals surface area contributed by atoms with E-state index in [4.69, 9.17) is 29.0 Å². The van der Waals surface area contributed by atoms with Gasteiger partial charge in [0.15, 0.2) is 0 Å². The highest BCUT2D eigenvalue weighted by Crippen LogP contribution is 2.26. The summed E-state index contributed by atoms with van der Waals surface area (Å²) in [6.45, 7) is 0. The highest BCUT2D eigenvalue weighted by Gasteiger charge is 2.16. The Kier molecular flexibility index (Phi) is 3.97. The highest BCUT2D eigenvalue weighted by atomic mass is 35.5. The Balaban J connectivity index is 2.44. The van der Waals surface area contributed by atoms with Gasteiger partial charge in [-0.05, 0) is 29.8 Å². The molecule has 2 rings (SSSR count). The Morgan fingerprint density at radius 3 is 2.65 bits per heavy atom. The van der Waals surface area contributed by atoms with Gasteiger partial charge in [0.05, 0.1) is 16.8 Å². The van der Waals surface area contributed by atoms with E-state index in [1.807, 2.05) is 18.2 Å². The maximum absolute atomic E-state index is 6.10. The molecule has 88 valence electrons. The fourth-order valence-electron chi connectivity index (χ4n) is 1.63. The van der Waals surface area contributed by atoms with E-state index in [0.717, 1.165) is 5.56 Å². The third-order valence-corrected chi connectivity index (χ3v) is 2.96. The third kappa shape index (κ3) is 2.76. The molecule has 0 aliphatic heterocycles. The fraction of sp³-hybridized carbons (Fsp3) is 0.0833. The molecule has 0 fully saturated rings. The average Bonchev–Trinajstić information content (AvgIpc) is 2.33. The zero-order valence-corrected chi connectivity index (χ0v) is 10.4. The highest BCUT2D eigenvalue weighted by molar-refractivity contribution is 6.31. The molecule has 0 spiro atoms. The largest absolute Gasteiger partial charge is 0.271 e. The van der Waals surface area contributed by atoms with E-state index in [-0.39, 0.29) is 6.04 Å².